The van der Waals surface area contributed by atoms with Crippen LogP contribution < -0.4 is 5.32 Å². The zero-order valence-corrected chi connectivity index (χ0v) is 8.60. The van der Waals surface area contributed by atoms with E-state index in [-0.39, 0.29) is 5.91 Å². The molecule has 14 heavy (non-hydrogen) atoms. The van der Waals surface area contributed by atoms with E-state index in [0.717, 1.165) is 32.6 Å². The Bertz CT molecular complexity index is 294. The third-order valence-corrected chi connectivity index (χ3v) is 3.29. The van der Waals surface area contributed by atoms with Crippen LogP contribution in [0.1, 0.15) is 19.8 Å². The van der Waals surface area contributed by atoms with Gasteiger partial charge < -0.3 is 10.2 Å². The SMILES string of the molecule is CC#CC(=O)N1CCC2(CCNC2)C1. The summed E-state index contributed by atoms with van der Waals surface area (Å²) in [5.41, 5.74) is 0.366. The Labute approximate surface area is 84.8 Å². The van der Waals surface area contributed by atoms with Gasteiger partial charge in [0.15, 0.2) is 0 Å². The second kappa shape index (κ2) is 3.62. The lowest BCUT2D eigenvalue weighted by molar-refractivity contribution is -0.124. The molecule has 0 aromatic carbocycles. The summed E-state index contributed by atoms with van der Waals surface area (Å²) in [7, 11) is 0. The van der Waals surface area contributed by atoms with Crippen LogP contribution in [0.2, 0.25) is 0 Å². The highest BCUT2D eigenvalue weighted by atomic mass is 16.2. The van der Waals surface area contributed by atoms with Crippen LogP contribution in [0.15, 0.2) is 0 Å². The molecule has 76 valence electrons. The van der Waals surface area contributed by atoms with E-state index < -0.39 is 0 Å². The van der Waals surface area contributed by atoms with Gasteiger partial charge in [0.25, 0.3) is 5.91 Å². The van der Waals surface area contributed by atoms with Crippen LogP contribution >= 0.6 is 0 Å². The van der Waals surface area contributed by atoms with Crippen molar-refractivity contribution in [2.24, 2.45) is 5.41 Å². The molecule has 3 heteroatoms. The molecule has 1 spiro atoms. The Hall–Kier alpha value is -1.01. The monoisotopic (exact) mass is 192 g/mol. The molecule has 1 unspecified atom stereocenters. The lowest BCUT2D eigenvalue weighted by Gasteiger charge is -2.21. The van der Waals surface area contributed by atoms with E-state index in [2.05, 4.69) is 17.2 Å². The maximum atomic E-state index is 11.5. The van der Waals surface area contributed by atoms with Crippen molar-refractivity contribution in [3.05, 3.63) is 0 Å². The average molecular weight is 192 g/mol. The molecule has 0 radical (unpaired) electrons. The van der Waals surface area contributed by atoms with Crippen LogP contribution in [0, 0.1) is 17.3 Å². The van der Waals surface area contributed by atoms with Gasteiger partial charge in [0.1, 0.15) is 0 Å². The van der Waals surface area contributed by atoms with Crippen molar-refractivity contribution in [2.75, 3.05) is 26.2 Å². The van der Waals surface area contributed by atoms with Crippen LogP contribution in [0.4, 0.5) is 0 Å². The topological polar surface area (TPSA) is 32.3 Å². The Kier molecular flexibility index (Phi) is 2.47. The van der Waals surface area contributed by atoms with Gasteiger partial charge in [0, 0.05) is 25.0 Å². The molecule has 2 rings (SSSR count). The number of hydrogen-bond acceptors (Lipinski definition) is 2. The summed E-state index contributed by atoms with van der Waals surface area (Å²) in [6.07, 6.45) is 2.34. The molecule has 0 aromatic rings. The number of nitrogens with one attached hydrogen (secondary N) is 1. The lowest BCUT2D eigenvalue weighted by Crippen LogP contribution is -2.32. The predicted octanol–water partition coefficient (Wildman–Crippen LogP) is 0.222. The highest BCUT2D eigenvalue weighted by molar-refractivity contribution is 5.93. The summed E-state index contributed by atoms with van der Waals surface area (Å²) in [4.78, 5) is 13.4. The van der Waals surface area contributed by atoms with Gasteiger partial charge in [-0.15, -0.1) is 0 Å². The quantitative estimate of drug-likeness (QED) is 0.557. The Morgan fingerprint density at radius 2 is 2.36 bits per heavy atom. The number of amides is 1. The first-order chi connectivity index (χ1) is 6.76. The largest absolute Gasteiger partial charge is 0.331 e. The predicted molar refractivity (Wildman–Crippen MR) is 54.6 cm³/mol. The summed E-state index contributed by atoms with van der Waals surface area (Å²) in [5.74, 6) is 5.27. The van der Waals surface area contributed by atoms with Crippen LogP contribution in [-0.2, 0) is 4.79 Å². The normalized spacial score (nSPS) is 30.5. The van der Waals surface area contributed by atoms with Crippen molar-refractivity contribution in [1.82, 2.24) is 10.2 Å². The van der Waals surface area contributed by atoms with Crippen LogP contribution in [-0.4, -0.2) is 37.0 Å². The van der Waals surface area contributed by atoms with E-state index in [0.29, 0.717) is 5.41 Å². The van der Waals surface area contributed by atoms with Crippen molar-refractivity contribution >= 4 is 5.91 Å². The molecule has 2 fully saturated rings. The zero-order chi connectivity index (χ0) is 10.0. The van der Waals surface area contributed by atoms with Crippen LogP contribution in [0.5, 0.6) is 0 Å². The first-order valence-electron chi connectivity index (χ1n) is 5.18. The Balaban J connectivity index is 1.99. The smallest absolute Gasteiger partial charge is 0.298 e. The number of carbonyl (C=O) groups is 1. The van der Waals surface area contributed by atoms with Gasteiger partial charge in [-0.3, -0.25) is 4.79 Å². The highest BCUT2D eigenvalue weighted by Gasteiger charge is 2.41. The average Bonchev–Trinajstić information content (AvgIpc) is 2.78. The van der Waals surface area contributed by atoms with Gasteiger partial charge in [-0.25, -0.2) is 0 Å². The third kappa shape index (κ3) is 1.62. The summed E-state index contributed by atoms with van der Waals surface area (Å²) in [6, 6.07) is 0. The molecule has 0 bridgehead atoms. The number of rotatable bonds is 0. The lowest BCUT2D eigenvalue weighted by atomic mass is 9.87. The minimum absolute atomic E-state index is 0.00345. The second-order valence-electron chi connectivity index (χ2n) is 4.28. The van der Waals surface area contributed by atoms with E-state index >= 15 is 0 Å². The third-order valence-electron chi connectivity index (χ3n) is 3.29. The Morgan fingerprint density at radius 1 is 1.50 bits per heavy atom. The van der Waals surface area contributed by atoms with Crippen molar-refractivity contribution in [3.63, 3.8) is 0 Å². The van der Waals surface area contributed by atoms with E-state index in [4.69, 9.17) is 0 Å². The fourth-order valence-corrected chi connectivity index (χ4v) is 2.44. The van der Waals surface area contributed by atoms with E-state index in [1.807, 2.05) is 4.90 Å². The van der Waals surface area contributed by atoms with Crippen molar-refractivity contribution < 1.29 is 4.79 Å². The molecule has 0 saturated carbocycles. The molecule has 1 N–H and O–H groups in total. The molecule has 2 aliphatic heterocycles. The van der Waals surface area contributed by atoms with Crippen LogP contribution in [0.25, 0.3) is 0 Å². The van der Waals surface area contributed by atoms with E-state index in [1.54, 1.807) is 6.92 Å². The molecule has 1 amide bonds. The second-order valence-corrected chi connectivity index (χ2v) is 4.28. The van der Waals surface area contributed by atoms with E-state index in [1.165, 1.54) is 6.42 Å². The van der Waals surface area contributed by atoms with Gasteiger partial charge in [-0.2, -0.15) is 0 Å². The fourth-order valence-electron chi connectivity index (χ4n) is 2.44. The van der Waals surface area contributed by atoms with Gasteiger partial charge in [0.05, 0.1) is 0 Å². The van der Waals surface area contributed by atoms with E-state index in [9.17, 15) is 4.79 Å². The first kappa shape index (κ1) is 9.54. The summed E-state index contributed by atoms with van der Waals surface area (Å²) in [5, 5.41) is 3.37. The number of likely N-dealkylation sites (tertiary alicyclic amines) is 1. The molecular formula is C11H16N2O. The standard InChI is InChI=1S/C11H16N2O/c1-2-3-10(14)13-7-5-11(9-13)4-6-12-8-11/h12H,4-9H2,1H3. The Morgan fingerprint density at radius 3 is 3.00 bits per heavy atom. The van der Waals surface area contributed by atoms with Gasteiger partial charge in [0.2, 0.25) is 0 Å². The number of hydrogen-bond donors (Lipinski definition) is 1. The fraction of sp³-hybridized carbons (Fsp3) is 0.727. The summed E-state index contributed by atoms with van der Waals surface area (Å²) < 4.78 is 0. The summed E-state index contributed by atoms with van der Waals surface area (Å²) >= 11 is 0. The van der Waals surface area contributed by atoms with Crippen molar-refractivity contribution in [1.29, 1.82) is 0 Å². The minimum Gasteiger partial charge on any atom is -0.331 e. The minimum atomic E-state index is -0.00345. The number of nitrogens with zero attached hydrogens (tertiary/aromatic N) is 1. The molecule has 2 saturated heterocycles. The molecule has 0 aliphatic carbocycles. The maximum Gasteiger partial charge on any atom is 0.298 e. The molecular weight excluding hydrogens is 176 g/mol. The molecule has 2 aliphatic rings. The number of carbonyl (C=O) groups excluding carboxylic acids is 1. The van der Waals surface area contributed by atoms with Crippen molar-refractivity contribution in [3.8, 4) is 11.8 Å². The highest BCUT2D eigenvalue weighted by Crippen LogP contribution is 2.35. The molecule has 0 aromatic heterocycles. The first-order valence-corrected chi connectivity index (χ1v) is 5.18. The van der Waals surface area contributed by atoms with Gasteiger partial charge >= 0.3 is 0 Å². The van der Waals surface area contributed by atoms with Crippen LogP contribution in [0.3, 0.4) is 0 Å². The molecule has 3 nitrogen and oxygen atoms in total. The van der Waals surface area contributed by atoms with Gasteiger partial charge in [-0.05, 0) is 32.2 Å². The van der Waals surface area contributed by atoms with Crippen molar-refractivity contribution in [2.45, 2.75) is 19.8 Å². The molecule has 2 heterocycles. The summed E-state index contributed by atoms with van der Waals surface area (Å²) in [6.45, 7) is 5.65. The maximum absolute atomic E-state index is 11.5. The zero-order valence-electron chi connectivity index (χ0n) is 8.60. The molecule has 1 atom stereocenters. The van der Waals surface area contributed by atoms with Gasteiger partial charge in [-0.1, -0.05) is 5.92 Å².